The summed E-state index contributed by atoms with van der Waals surface area (Å²) in [7, 11) is 0. The Hall–Kier alpha value is -4.46. The molecule has 14 nitrogen and oxygen atoms in total. The molecule has 3 unspecified atom stereocenters. The number of nitrogens with two attached hydrogens (primary N) is 2. The highest BCUT2D eigenvalue weighted by atomic mass is 16.4. The lowest BCUT2D eigenvalue weighted by Gasteiger charge is -2.23. The third kappa shape index (κ3) is 9.25. The molecule has 10 N–H and O–H groups in total. The van der Waals surface area contributed by atoms with Gasteiger partial charge in [-0.1, -0.05) is 18.2 Å². The standard InChI is InChI=1S/C23H30N6O8/c24-14(9-12-10-26-15-4-2-1-3-13(12)15)21(35)28-17(6-8-19(31)32)23(37)29-16(5-7-18(25)30)22(36)27-11-20(33)34/h1-4,10,14,16-17,26H,5-9,11,24H2,(H2,25,30)(H,27,36)(H,28,35)(H,29,37)(H,31,32)(H,33,34). The summed E-state index contributed by atoms with van der Waals surface area (Å²) in [6.07, 6.45) is 0.506. The lowest BCUT2D eigenvalue weighted by Crippen LogP contribution is -2.56. The van der Waals surface area contributed by atoms with Crippen molar-refractivity contribution < 1.29 is 39.0 Å². The van der Waals surface area contributed by atoms with Gasteiger partial charge in [0.2, 0.25) is 23.6 Å². The molecule has 0 aliphatic heterocycles. The maximum absolute atomic E-state index is 12.9. The number of carbonyl (C=O) groups excluding carboxylic acids is 4. The Labute approximate surface area is 211 Å². The summed E-state index contributed by atoms with van der Waals surface area (Å²) in [4.78, 5) is 74.2. The minimum Gasteiger partial charge on any atom is -0.481 e. The molecule has 2 aromatic rings. The van der Waals surface area contributed by atoms with Crippen molar-refractivity contribution >= 4 is 46.5 Å². The van der Waals surface area contributed by atoms with Crippen molar-refractivity contribution in [3.05, 3.63) is 36.0 Å². The number of nitrogens with one attached hydrogen (secondary N) is 4. The number of carbonyl (C=O) groups is 6. The number of hydrogen-bond acceptors (Lipinski definition) is 7. The van der Waals surface area contributed by atoms with E-state index in [1.54, 1.807) is 6.20 Å². The van der Waals surface area contributed by atoms with Crippen molar-refractivity contribution in [3.8, 4) is 0 Å². The van der Waals surface area contributed by atoms with Crippen LogP contribution < -0.4 is 27.4 Å². The predicted octanol–water partition coefficient (Wildman–Crippen LogP) is -1.66. The van der Waals surface area contributed by atoms with E-state index in [1.165, 1.54) is 0 Å². The van der Waals surface area contributed by atoms with Crippen molar-refractivity contribution in [1.29, 1.82) is 0 Å². The van der Waals surface area contributed by atoms with Crippen LogP contribution in [0.1, 0.15) is 31.2 Å². The Kier molecular flexibility index (Phi) is 10.6. The molecule has 0 bridgehead atoms. The number of carboxylic acid groups (broad SMARTS) is 2. The van der Waals surface area contributed by atoms with E-state index in [0.717, 1.165) is 16.5 Å². The van der Waals surface area contributed by atoms with E-state index < -0.39 is 66.7 Å². The van der Waals surface area contributed by atoms with E-state index in [2.05, 4.69) is 20.9 Å². The number of fused-ring (bicyclic) bond motifs is 1. The van der Waals surface area contributed by atoms with E-state index in [9.17, 15) is 28.8 Å². The summed E-state index contributed by atoms with van der Waals surface area (Å²) in [5, 5.41) is 25.5. The van der Waals surface area contributed by atoms with Crippen molar-refractivity contribution in [2.24, 2.45) is 11.5 Å². The first-order valence-electron chi connectivity index (χ1n) is 11.4. The summed E-state index contributed by atoms with van der Waals surface area (Å²) < 4.78 is 0. The Morgan fingerprint density at radius 3 is 2.14 bits per heavy atom. The summed E-state index contributed by atoms with van der Waals surface area (Å²) >= 11 is 0. The quantitative estimate of drug-likeness (QED) is 0.134. The van der Waals surface area contributed by atoms with Crippen LogP contribution in [0.15, 0.2) is 30.5 Å². The highest BCUT2D eigenvalue weighted by Gasteiger charge is 2.29. The molecule has 3 atom stereocenters. The molecule has 0 saturated carbocycles. The van der Waals surface area contributed by atoms with Gasteiger partial charge in [-0.3, -0.25) is 28.8 Å². The molecule has 0 radical (unpaired) electrons. The van der Waals surface area contributed by atoms with Crippen LogP contribution in [-0.2, 0) is 35.2 Å². The number of primary amides is 1. The molecule has 4 amide bonds. The van der Waals surface area contributed by atoms with Crippen LogP contribution in [0.5, 0.6) is 0 Å². The van der Waals surface area contributed by atoms with Crippen LogP contribution in [0.2, 0.25) is 0 Å². The average molecular weight is 519 g/mol. The van der Waals surface area contributed by atoms with E-state index >= 15 is 0 Å². The minimum atomic E-state index is -1.37. The van der Waals surface area contributed by atoms with Gasteiger partial charge >= 0.3 is 11.9 Å². The van der Waals surface area contributed by atoms with E-state index in [1.807, 2.05) is 24.3 Å². The average Bonchev–Trinajstić information content (AvgIpc) is 3.24. The maximum Gasteiger partial charge on any atom is 0.322 e. The van der Waals surface area contributed by atoms with Crippen molar-refractivity contribution in [2.75, 3.05) is 6.54 Å². The van der Waals surface area contributed by atoms with Crippen molar-refractivity contribution in [1.82, 2.24) is 20.9 Å². The van der Waals surface area contributed by atoms with Gasteiger partial charge in [0.15, 0.2) is 0 Å². The number of aromatic amines is 1. The highest BCUT2D eigenvalue weighted by Crippen LogP contribution is 2.18. The zero-order chi connectivity index (χ0) is 27.5. The molecule has 0 saturated heterocycles. The molecular formula is C23H30N6O8. The van der Waals surface area contributed by atoms with Crippen LogP contribution in [0.25, 0.3) is 10.9 Å². The first-order chi connectivity index (χ1) is 17.5. The van der Waals surface area contributed by atoms with Crippen molar-refractivity contribution in [3.63, 3.8) is 0 Å². The van der Waals surface area contributed by atoms with E-state index in [0.29, 0.717) is 0 Å². The number of aromatic nitrogens is 1. The van der Waals surface area contributed by atoms with Crippen LogP contribution >= 0.6 is 0 Å². The Morgan fingerprint density at radius 1 is 0.865 bits per heavy atom. The molecule has 0 aliphatic carbocycles. The molecule has 1 heterocycles. The molecule has 0 spiro atoms. The van der Waals surface area contributed by atoms with Crippen molar-refractivity contribution in [2.45, 2.75) is 50.2 Å². The summed E-state index contributed by atoms with van der Waals surface area (Å²) in [6.45, 7) is -0.732. The van der Waals surface area contributed by atoms with Gasteiger partial charge in [-0.25, -0.2) is 0 Å². The fourth-order valence-corrected chi connectivity index (χ4v) is 3.56. The first kappa shape index (κ1) is 28.8. The maximum atomic E-state index is 12.9. The number of hydrogen-bond donors (Lipinski definition) is 8. The Balaban J connectivity index is 2.12. The van der Waals surface area contributed by atoms with Crippen LogP contribution in [0.3, 0.4) is 0 Å². The van der Waals surface area contributed by atoms with E-state index in [4.69, 9.17) is 21.7 Å². The van der Waals surface area contributed by atoms with Gasteiger partial charge in [-0.2, -0.15) is 0 Å². The molecule has 0 aliphatic rings. The lowest BCUT2D eigenvalue weighted by molar-refractivity contribution is -0.139. The number of rotatable bonds is 15. The first-order valence-corrected chi connectivity index (χ1v) is 11.4. The second kappa shape index (κ2) is 13.6. The molecule has 1 aromatic heterocycles. The number of H-pyrrole nitrogens is 1. The fraction of sp³-hybridized carbons (Fsp3) is 0.391. The van der Waals surface area contributed by atoms with Gasteiger partial charge in [-0.15, -0.1) is 0 Å². The molecule has 2 rings (SSSR count). The zero-order valence-electron chi connectivity index (χ0n) is 19.9. The number of amides is 4. The number of aliphatic carboxylic acids is 2. The second-order valence-electron chi connectivity index (χ2n) is 8.34. The third-order valence-electron chi connectivity index (χ3n) is 5.46. The molecule has 200 valence electrons. The van der Waals surface area contributed by atoms with Crippen LogP contribution in [-0.4, -0.2) is 75.4 Å². The number of para-hydroxylation sites is 1. The summed E-state index contributed by atoms with van der Waals surface area (Å²) in [5.41, 5.74) is 12.8. The molecule has 14 heteroatoms. The summed E-state index contributed by atoms with van der Waals surface area (Å²) in [5.74, 6) is -5.84. The lowest BCUT2D eigenvalue weighted by atomic mass is 10.0. The largest absolute Gasteiger partial charge is 0.481 e. The van der Waals surface area contributed by atoms with Crippen LogP contribution in [0.4, 0.5) is 0 Å². The van der Waals surface area contributed by atoms with E-state index in [-0.39, 0.29) is 25.7 Å². The van der Waals surface area contributed by atoms with Gasteiger partial charge in [0.1, 0.15) is 18.6 Å². The molecule has 37 heavy (non-hydrogen) atoms. The monoisotopic (exact) mass is 518 g/mol. The smallest absolute Gasteiger partial charge is 0.322 e. The Morgan fingerprint density at radius 2 is 1.49 bits per heavy atom. The normalized spacial score (nSPS) is 13.2. The fourth-order valence-electron chi connectivity index (χ4n) is 3.56. The molecule has 1 aromatic carbocycles. The third-order valence-corrected chi connectivity index (χ3v) is 5.46. The highest BCUT2D eigenvalue weighted by molar-refractivity contribution is 5.94. The van der Waals surface area contributed by atoms with Crippen LogP contribution in [0, 0.1) is 0 Å². The van der Waals surface area contributed by atoms with Gasteiger partial charge in [0.05, 0.1) is 6.04 Å². The predicted molar refractivity (Wildman–Crippen MR) is 130 cm³/mol. The SMILES string of the molecule is NC(=O)CCC(NC(=O)C(CCC(=O)O)NC(=O)C(N)Cc1c[nH]c2ccccc12)C(=O)NCC(=O)O. The zero-order valence-corrected chi connectivity index (χ0v) is 19.9. The topological polar surface area (TPSA) is 247 Å². The van der Waals surface area contributed by atoms with Gasteiger partial charge in [0.25, 0.3) is 0 Å². The Bertz CT molecular complexity index is 1160. The van der Waals surface area contributed by atoms with Gasteiger partial charge in [0, 0.05) is 29.9 Å². The molecular weight excluding hydrogens is 488 g/mol. The minimum absolute atomic E-state index is 0.127. The number of benzene rings is 1. The summed E-state index contributed by atoms with van der Waals surface area (Å²) in [6, 6.07) is 3.58. The van der Waals surface area contributed by atoms with Gasteiger partial charge < -0.3 is 42.6 Å². The van der Waals surface area contributed by atoms with Gasteiger partial charge in [-0.05, 0) is 30.9 Å². The second-order valence-corrected chi connectivity index (χ2v) is 8.34. The number of carboxylic acids is 2. The molecule has 0 fully saturated rings.